The van der Waals surface area contributed by atoms with Gasteiger partial charge in [-0.05, 0) is 6.42 Å². The highest BCUT2D eigenvalue weighted by Crippen LogP contribution is 2.26. The predicted molar refractivity (Wildman–Crippen MR) is 72.4 cm³/mol. The Morgan fingerprint density at radius 2 is 2.24 bits per heavy atom. The van der Waals surface area contributed by atoms with Gasteiger partial charge in [-0.3, -0.25) is 9.59 Å². The molecular formula is C11H18N2O2S2. The van der Waals surface area contributed by atoms with Crippen molar-refractivity contribution in [2.45, 2.75) is 24.6 Å². The largest absolute Gasteiger partial charge is 0.345 e. The Labute approximate surface area is 110 Å². The zero-order valence-electron chi connectivity index (χ0n) is 9.98. The average molecular weight is 274 g/mol. The number of nitrogens with zero attached hydrogens (tertiary/aromatic N) is 1. The summed E-state index contributed by atoms with van der Waals surface area (Å²) in [5.74, 6) is 3.51. The van der Waals surface area contributed by atoms with Crippen LogP contribution in [-0.2, 0) is 9.59 Å². The van der Waals surface area contributed by atoms with E-state index < -0.39 is 0 Å². The minimum atomic E-state index is -0.260. The van der Waals surface area contributed by atoms with Gasteiger partial charge in [-0.25, -0.2) is 0 Å². The third-order valence-corrected chi connectivity index (χ3v) is 5.91. The molecule has 2 fully saturated rings. The number of hydrogen-bond acceptors (Lipinski definition) is 4. The minimum Gasteiger partial charge on any atom is -0.345 e. The molecule has 96 valence electrons. The Hall–Kier alpha value is -0.360. The van der Waals surface area contributed by atoms with Crippen molar-refractivity contribution in [2.24, 2.45) is 0 Å². The van der Waals surface area contributed by atoms with E-state index in [2.05, 4.69) is 5.32 Å². The van der Waals surface area contributed by atoms with E-state index in [0.717, 1.165) is 18.1 Å². The molecule has 0 saturated carbocycles. The number of nitrogens with one attached hydrogen (secondary N) is 1. The summed E-state index contributed by atoms with van der Waals surface area (Å²) in [6, 6.07) is -0.260. The molecule has 0 radical (unpaired) electrons. The lowest BCUT2D eigenvalue weighted by atomic mass is 10.1. The zero-order chi connectivity index (χ0) is 12.3. The van der Waals surface area contributed by atoms with Crippen LogP contribution in [0.5, 0.6) is 0 Å². The van der Waals surface area contributed by atoms with Crippen LogP contribution in [0.4, 0.5) is 0 Å². The smallest absolute Gasteiger partial charge is 0.243 e. The van der Waals surface area contributed by atoms with E-state index in [9.17, 15) is 9.59 Å². The van der Waals surface area contributed by atoms with E-state index in [4.69, 9.17) is 0 Å². The zero-order valence-corrected chi connectivity index (χ0v) is 11.6. The molecule has 17 heavy (non-hydrogen) atoms. The molecular weight excluding hydrogens is 256 g/mol. The lowest BCUT2D eigenvalue weighted by molar-refractivity contribution is -0.145. The van der Waals surface area contributed by atoms with Gasteiger partial charge in [0.2, 0.25) is 11.8 Å². The monoisotopic (exact) mass is 274 g/mol. The van der Waals surface area contributed by atoms with Crippen molar-refractivity contribution in [3.8, 4) is 0 Å². The SMILES string of the molecule is CCC1C(=O)NCC(=O)N1CC1CSCCS1. The van der Waals surface area contributed by atoms with E-state index in [-0.39, 0.29) is 24.4 Å². The first-order valence-corrected chi connectivity index (χ1v) is 8.19. The summed E-state index contributed by atoms with van der Waals surface area (Å²) >= 11 is 3.87. The van der Waals surface area contributed by atoms with Crippen LogP contribution in [-0.4, -0.2) is 58.4 Å². The van der Waals surface area contributed by atoms with Gasteiger partial charge in [-0.1, -0.05) is 6.92 Å². The Balaban J connectivity index is 1.99. The van der Waals surface area contributed by atoms with E-state index >= 15 is 0 Å². The molecule has 6 heteroatoms. The van der Waals surface area contributed by atoms with Crippen molar-refractivity contribution in [3.05, 3.63) is 0 Å². The lowest BCUT2D eigenvalue weighted by Crippen LogP contribution is -2.59. The Kier molecular flexibility index (Phi) is 4.62. The first kappa shape index (κ1) is 13.1. The molecule has 2 aliphatic heterocycles. The Morgan fingerprint density at radius 1 is 1.41 bits per heavy atom. The first-order valence-electron chi connectivity index (χ1n) is 5.99. The van der Waals surface area contributed by atoms with E-state index in [1.807, 2.05) is 30.4 Å². The second-order valence-electron chi connectivity index (χ2n) is 4.26. The van der Waals surface area contributed by atoms with Crippen molar-refractivity contribution in [1.29, 1.82) is 0 Å². The number of thioether (sulfide) groups is 2. The fourth-order valence-corrected chi connectivity index (χ4v) is 4.86. The fraction of sp³-hybridized carbons (Fsp3) is 0.818. The molecule has 0 aromatic carbocycles. The number of amides is 2. The summed E-state index contributed by atoms with van der Waals surface area (Å²) in [6.07, 6.45) is 0.697. The van der Waals surface area contributed by atoms with Crippen LogP contribution in [0.1, 0.15) is 13.3 Å². The molecule has 0 spiro atoms. The molecule has 2 heterocycles. The summed E-state index contributed by atoms with van der Waals surface area (Å²) in [5.41, 5.74) is 0. The van der Waals surface area contributed by atoms with Crippen LogP contribution >= 0.6 is 23.5 Å². The van der Waals surface area contributed by atoms with Crippen molar-refractivity contribution < 1.29 is 9.59 Å². The third kappa shape index (κ3) is 3.10. The van der Waals surface area contributed by atoms with Crippen LogP contribution < -0.4 is 5.32 Å². The van der Waals surface area contributed by atoms with Crippen molar-refractivity contribution in [1.82, 2.24) is 10.2 Å². The number of rotatable bonds is 3. The highest BCUT2D eigenvalue weighted by atomic mass is 32.2. The average Bonchev–Trinajstić information content (AvgIpc) is 2.35. The third-order valence-electron chi connectivity index (χ3n) is 3.09. The lowest BCUT2D eigenvalue weighted by Gasteiger charge is -2.37. The maximum atomic E-state index is 11.9. The quantitative estimate of drug-likeness (QED) is 0.817. The van der Waals surface area contributed by atoms with Gasteiger partial charge in [0.1, 0.15) is 6.04 Å². The van der Waals surface area contributed by atoms with Crippen LogP contribution in [0.25, 0.3) is 0 Å². The Morgan fingerprint density at radius 3 is 2.88 bits per heavy atom. The molecule has 2 rings (SSSR count). The molecule has 1 N–H and O–H groups in total. The fourth-order valence-electron chi connectivity index (χ4n) is 2.19. The molecule has 2 atom stereocenters. The number of piperazine rings is 1. The van der Waals surface area contributed by atoms with E-state index in [0.29, 0.717) is 11.7 Å². The molecule has 0 bridgehead atoms. The number of carbonyl (C=O) groups is 2. The highest BCUT2D eigenvalue weighted by Gasteiger charge is 2.34. The normalized spacial score (nSPS) is 30.3. The molecule has 0 aromatic heterocycles. The van der Waals surface area contributed by atoms with Crippen LogP contribution in [0.2, 0.25) is 0 Å². The summed E-state index contributed by atoms with van der Waals surface area (Å²) in [4.78, 5) is 25.4. The van der Waals surface area contributed by atoms with Gasteiger partial charge >= 0.3 is 0 Å². The topological polar surface area (TPSA) is 49.4 Å². The van der Waals surface area contributed by atoms with Gasteiger partial charge in [0, 0.05) is 29.1 Å². The molecule has 4 nitrogen and oxygen atoms in total. The summed E-state index contributed by atoms with van der Waals surface area (Å²) in [6.45, 7) is 2.85. The molecule has 0 aliphatic carbocycles. The van der Waals surface area contributed by atoms with Crippen LogP contribution in [0.3, 0.4) is 0 Å². The van der Waals surface area contributed by atoms with Crippen molar-refractivity contribution in [3.63, 3.8) is 0 Å². The molecule has 0 aromatic rings. The summed E-state index contributed by atoms with van der Waals surface area (Å²) in [5, 5.41) is 3.14. The van der Waals surface area contributed by atoms with Gasteiger partial charge in [-0.2, -0.15) is 23.5 Å². The van der Waals surface area contributed by atoms with Crippen molar-refractivity contribution in [2.75, 3.05) is 30.3 Å². The molecule has 2 amide bonds. The van der Waals surface area contributed by atoms with Gasteiger partial charge in [-0.15, -0.1) is 0 Å². The van der Waals surface area contributed by atoms with Gasteiger partial charge in [0.05, 0.1) is 6.54 Å². The van der Waals surface area contributed by atoms with Crippen LogP contribution in [0, 0.1) is 0 Å². The number of carbonyl (C=O) groups excluding carboxylic acids is 2. The second kappa shape index (κ2) is 6.00. The van der Waals surface area contributed by atoms with Crippen molar-refractivity contribution >= 4 is 35.3 Å². The maximum absolute atomic E-state index is 11.9. The summed E-state index contributed by atoms with van der Waals surface area (Å²) in [7, 11) is 0. The number of hydrogen-bond donors (Lipinski definition) is 1. The van der Waals surface area contributed by atoms with Gasteiger partial charge in [0.25, 0.3) is 0 Å². The second-order valence-corrected chi connectivity index (χ2v) is 6.81. The highest BCUT2D eigenvalue weighted by molar-refractivity contribution is 8.06. The minimum absolute atomic E-state index is 0.000521. The maximum Gasteiger partial charge on any atom is 0.243 e. The Bertz CT molecular complexity index is 306. The van der Waals surface area contributed by atoms with E-state index in [1.54, 1.807) is 4.90 Å². The van der Waals surface area contributed by atoms with Gasteiger partial charge in [0.15, 0.2) is 0 Å². The molecule has 2 saturated heterocycles. The van der Waals surface area contributed by atoms with Crippen LogP contribution in [0.15, 0.2) is 0 Å². The van der Waals surface area contributed by atoms with Gasteiger partial charge < -0.3 is 10.2 Å². The predicted octanol–water partition coefficient (Wildman–Crippen LogP) is 0.572. The summed E-state index contributed by atoms with van der Waals surface area (Å²) < 4.78 is 0. The molecule has 2 aliphatic rings. The standard InChI is InChI=1S/C11H18N2O2S2/c1-2-9-11(15)12-5-10(14)13(9)6-8-7-16-3-4-17-8/h8-9H,2-7H2,1H3,(H,12,15). The first-order chi connectivity index (χ1) is 8.22. The van der Waals surface area contributed by atoms with E-state index in [1.165, 1.54) is 5.75 Å². The molecule has 2 unspecified atom stereocenters.